The fraction of sp³-hybridized carbons (Fsp3) is 0.462. The molecule has 7 heteroatoms. The third kappa shape index (κ3) is 2.88. The van der Waals surface area contributed by atoms with Crippen LogP contribution in [0.1, 0.15) is 16.3 Å². The Balaban J connectivity index is 1.48. The lowest BCUT2D eigenvalue weighted by Crippen LogP contribution is -2.40. The Kier molecular flexibility index (Phi) is 3.79. The van der Waals surface area contributed by atoms with E-state index < -0.39 is 0 Å². The Morgan fingerprint density at radius 3 is 3.25 bits per heavy atom. The molecule has 6 nitrogen and oxygen atoms in total. The molecular weight excluding hydrogens is 274 g/mol. The summed E-state index contributed by atoms with van der Waals surface area (Å²) in [5.74, 6) is 0.844. The Labute approximate surface area is 121 Å². The van der Waals surface area contributed by atoms with Crippen LogP contribution in [0.2, 0.25) is 0 Å². The molecule has 0 atom stereocenters. The van der Waals surface area contributed by atoms with E-state index in [1.54, 1.807) is 22.3 Å². The van der Waals surface area contributed by atoms with Crippen molar-refractivity contribution in [1.82, 2.24) is 25.0 Å². The smallest absolute Gasteiger partial charge is 0.236 e. The fourth-order valence-electron chi connectivity index (χ4n) is 2.32. The third-order valence-corrected chi connectivity index (χ3v) is 4.39. The lowest BCUT2D eigenvalue weighted by molar-refractivity contribution is -0.131. The topological polar surface area (TPSA) is 63.1 Å². The zero-order valence-corrected chi connectivity index (χ0v) is 12.2. The molecule has 3 rings (SSSR count). The third-order valence-electron chi connectivity index (χ3n) is 3.37. The van der Waals surface area contributed by atoms with Gasteiger partial charge < -0.3 is 10.2 Å². The van der Waals surface area contributed by atoms with Gasteiger partial charge in [0, 0.05) is 25.0 Å². The van der Waals surface area contributed by atoms with Gasteiger partial charge in [0.25, 0.3) is 0 Å². The van der Waals surface area contributed by atoms with E-state index in [4.69, 9.17) is 0 Å². The lowest BCUT2D eigenvalue weighted by Gasteiger charge is -2.27. The number of carbonyl (C=O) groups excluding carboxylic acids is 1. The summed E-state index contributed by atoms with van der Waals surface area (Å²) in [6.45, 7) is 2.40. The molecule has 0 saturated carbocycles. The van der Waals surface area contributed by atoms with Crippen LogP contribution in [-0.4, -0.2) is 38.7 Å². The van der Waals surface area contributed by atoms with Gasteiger partial charge in [-0.15, -0.1) is 11.3 Å². The Morgan fingerprint density at radius 2 is 2.45 bits per heavy atom. The first-order chi connectivity index (χ1) is 9.72. The van der Waals surface area contributed by atoms with Crippen LogP contribution in [0.15, 0.2) is 17.8 Å². The van der Waals surface area contributed by atoms with Crippen molar-refractivity contribution in [2.45, 2.75) is 19.5 Å². The van der Waals surface area contributed by atoms with Crippen LogP contribution in [0.3, 0.4) is 0 Å². The van der Waals surface area contributed by atoms with Crippen LogP contribution < -0.4 is 5.32 Å². The molecule has 0 bridgehead atoms. The number of nitrogens with zero attached hydrogens (tertiary/aromatic N) is 4. The van der Waals surface area contributed by atoms with Crippen molar-refractivity contribution < 1.29 is 4.79 Å². The summed E-state index contributed by atoms with van der Waals surface area (Å²) in [7, 11) is 1.83. The molecule has 2 aromatic rings. The van der Waals surface area contributed by atoms with Crippen LogP contribution in [0.5, 0.6) is 0 Å². The molecule has 20 heavy (non-hydrogen) atoms. The minimum Gasteiger partial charge on any atom is -0.337 e. The van der Waals surface area contributed by atoms with Crippen molar-refractivity contribution in [3.8, 4) is 0 Å². The van der Waals surface area contributed by atoms with Gasteiger partial charge in [0.2, 0.25) is 5.91 Å². The summed E-state index contributed by atoms with van der Waals surface area (Å²) in [5.41, 5.74) is 1.29. The van der Waals surface area contributed by atoms with Crippen molar-refractivity contribution in [2.75, 3.05) is 13.1 Å². The van der Waals surface area contributed by atoms with E-state index in [-0.39, 0.29) is 5.91 Å². The molecule has 0 aromatic carbocycles. The van der Waals surface area contributed by atoms with E-state index in [1.165, 1.54) is 10.4 Å². The van der Waals surface area contributed by atoms with Crippen LogP contribution >= 0.6 is 11.3 Å². The second-order valence-corrected chi connectivity index (χ2v) is 5.87. The fourth-order valence-corrected chi connectivity index (χ4v) is 3.21. The summed E-state index contributed by atoms with van der Waals surface area (Å²) >= 11 is 1.78. The number of carbonyl (C=O) groups is 1. The van der Waals surface area contributed by atoms with Gasteiger partial charge in [-0.3, -0.25) is 9.48 Å². The van der Waals surface area contributed by atoms with Gasteiger partial charge in [-0.05, 0) is 23.4 Å². The van der Waals surface area contributed by atoms with E-state index >= 15 is 0 Å². The van der Waals surface area contributed by atoms with Crippen LogP contribution in [-0.2, 0) is 31.4 Å². The average Bonchev–Trinajstić information content (AvgIpc) is 3.06. The highest BCUT2D eigenvalue weighted by molar-refractivity contribution is 7.10. The molecule has 0 fully saturated rings. The second kappa shape index (κ2) is 5.72. The maximum absolute atomic E-state index is 12.1. The normalized spacial score (nSPS) is 14.3. The highest BCUT2D eigenvalue weighted by Crippen LogP contribution is 2.23. The Bertz CT molecular complexity index is 605. The number of hydrogen-bond acceptors (Lipinski definition) is 5. The van der Waals surface area contributed by atoms with Gasteiger partial charge in [-0.2, -0.15) is 5.10 Å². The molecule has 2 aromatic heterocycles. The van der Waals surface area contributed by atoms with Crippen LogP contribution in [0.25, 0.3) is 0 Å². The van der Waals surface area contributed by atoms with Gasteiger partial charge in [0.05, 0.1) is 13.1 Å². The number of aromatic nitrogens is 3. The largest absolute Gasteiger partial charge is 0.337 e. The zero-order valence-electron chi connectivity index (χ0n) is 11.4. The summed E-state index contributed by atoms with van der Waals surface area (Å²) in [5, 5.41) is 9.37. The molecule has 1 N–H and O–H groups in total. The standard InChI is InChI=1S/C13H17N5OS/c1-17-9-15-12(16-17)6-14-7-13(19)18-4-2-11-10(8-18)3-5-20-11/h3,5,9,14H,2,4,6-8H2,1H3. The summed E-state index contributed by atoms with van der Waals surface area (Å²) < 4.78 is 1.65. The van der Waals surface area contributed by atoms with E-state index in [0.717, 1.165) is 19.5 Å². The molecule has 0 saturated heterocycles. The Hall–Kier alpha value is -1.73. The van der Waals surface area contributed by atoms with Crippen LogP contribution in [0, 0.1) is 0 Å². The molecule has 0 radical (unpaired) electrons. The quantitative estimate of drug-likeness (QED) is 0.893. The molecular formula is C13H17N5OS. The van der Waals surface area contributed by atoms with Gasteiger partial charge in [-0.25, -0.2) is 4.98 Å². The predicted molar refractivity (Wildman–Crippen MR) is 76.1 cm³/mol. The summed E-state index contributed by atoms with van der Waals surface area (Å²) in [6.07, 6.45) is 2.63. The van der Waals surface area contributed by atoms with E-state index in [2.05, 4.69) is 26.8 Å². The van der Waals surface area contributed by atoms with Crippen molar-refractivity contribution in [1.29, 1.82) is 0 Å². The lowest BCUT2D eigenvalue weighted by atomic mass is 10.1. The Morgan fingerprint density at radius 1 is 1.55 bits per heavy atom. The molecule has 0 unspecified atom stereocenters. The van der Waals surface area contributed by atoms with Crippen molar-refractivity contribution >= 4 is 17.2 Å². The van der Waals surface area contributed by atoms with E-state index in [9.17, 15) is 4.79 Å². The van der Waals surface area contributed by atoms with E-state index in [0.29, 0.717) is 18.9 Å². The maximum atomic E-state index is 12.1. The van der Waals surface area contributed by atoms with Crippen molar-refractivity contribution in [3.63, 3.8) is 0 Å². The zero-order chi connectivity index (χ0) is 13.9. The molecule has 3 heterocycles. The first-order valence-electron chi connectivity index (χ1n) is 6.60. The highest BCUT2D eigenvalue weighted by Gasteiger charge is 2.20. The number of hydrogen-bond donors (Lipinski definition) is 1. The minimum absolute atomic E-state index is 0.137. The van der Waals surface area contributed by atoms with Crippen LogP contribution in [0.4, 0.5) is 0 Å². The molecule has 1 amide bonds. The van der Waals surface area contributed by atoms with Gasteiger partial charge >= 0.3 is 0 Å². The number of rotatable bonds is 4. The first kappa shape index (κ1) is 13.3. The predicted octanol–water partition coefficient (Wildman–Crippen LogP) is 0.551. The summed E-state index contributed by atoms with van der Waals surface area (Å²) in [6, 6.07) is 2.12. The monoisotopic (exact) mass is 291 g/mol. The second-order valence-electron chi connectivity index (χ2n) is 4.87. The minimum atomic E-state index is 0.137. The highest BCUT2D eigenvalue weighted by atomic mass is 32.1. The summed E-state index contributed by atoms with van der Waals surface area (Å²) in [4.78, 5) is 19.6. The average molecular weight is 291 g/mol. The molecule has 0 spiro atoms. The number of fused-ring (bicyclic) bond motifs is 1. The molecule has 1 aliphatic rings. The molecule has 0 aliphatic carbocycles. The maximum Gasteiger partial charge on any atom is 0.236 e. The number of thiophene rings is 1. The van der Waals surface area contributed by atoms with Gasteiger partial charge in [0.15, 0.2) is 5.82 Å². The van der Waals surface area contributed by atoms with Gasteiger partial charge in [0.1, 0.15) is 6.33 Å². The number of aryl methyl sites for hydroxylation is 1. The van der Waals surface area contributed by atoms with Crippen molar-refractivity contribution in [3.05, 3.63) is 34.0 Å². The van der Waals surface area contributed by atoms with Gasteiger partial charge in [-0.1, -0.05) is 0 Å². The van der Waals surface area contributed by atoms with E-state index in [1.807, 2.05) is 11.9 Å². The molecule has 1 aliphatic heterocycles. The SMILES string of the molecule is Cn1cnc(CNCC(=O)N2CCc3sccc3C2)n1. The van der Waals surface area contributed by atoms with Crippen molar-refractivity contribution in [2.24, 2.45) is 7.05 Å². The number of amides is 1. The molecule has 106 valence electrons. The first-order valence-corrected chi connectivity index (χ1v) is 7.48. The number of nitrogens with one attached hydrogen (secondary N) is 1.